The van der Waals surface area contributed by atoms with Crippen molar-refractivity contribution >= 4 is 10.1 Å². The third kappa shape index (κ3) is 3.13. The fourth-order valence-electron chi connectivity index (χ4n) is 1.45. The van der Waals surface area contributed by atoms with E-state index in [9.17, 15) is 8.42 Å². The van der Waals surface area contributed by atoms with Crippen LogP contribution in [0.1, 0.15) is 0 Å². The maximum atomic E-state index is 10.8. The van der Waals surface area contributed by atoms with E-state index in [2.05, 4.69) is 0 Å². The van der Waals surface area contributed by atoms with Gasteiger partial charge in [0.2, 0.25) is 0 Å². The van der Waals surface area contributed by atoms with Gasteiger partial charge in [-0.2, -0.15) is 8.42 Å². The smallest absolute Gasteiger partial charge is 0.294 e. The van der Waals surface area contributed by atoms with Gasteiger partial charge in [-0.1, -0.05) is 42.5 Å². The van der Waals surface area contributed by atoms with Gasteiger partial charge in [-0.05, 0) is 23.3 Å². The van der Waals surface area contributed by atoms with Crippen LogP contribution < -0.4 is 0 Å². The van der Waals surface area contributed by atoms with Gasteiger partial charge in [0.1, 0.15) is 0 Å². The minimum Gasteiger partial charge on any atom is -0.412 e. The Labute approximate surface area is 99.6 Å². The summed E-state index contributed by atoms with van der Waals surface area (Å²) in [6, 6.07) is 15.7. The summed E-state index contributed by atoms with van der Waals surface area (Å²) in [7, 11) is -4.10. The van der Waals surface area contributed by atoms with Crippen molar-refractivity contribution in [2.45, 2.75) is 4.90 Å². The molecule has 0 atom stereocenters. The SMILES string of the molecule is O.O=S(=O)(O)c1ccc(-c2ccccc2)cc1. The van der Waals surface area contributed by atoms with E-state index in [0.717, 1.165) is 11.1 Å². The second-order valence-corrected chi connectivity index (χ2v) is 4.79. The van der Waals surface area contributed by atoms with Gasteiger partial charge in [-0.15, -0.1) is 0 Å². The molecule has 4 nitrogen and oxygen atoms in total. The van der Waals surface area contributed by atoms with Crippen molar-refractivity contribution in [3.05, 3.63) is 54.6 Å². The number of hydrogen-bond acceptors (Lipinski definition) is 2. The molecular weight excluding hydrogens is 240 g/mol. The molecule has 0 saturated heterocycles. The zero-order valence-electron chi connectivity index (χ0n) is 8.87. The molecule has 0 aliphatic rings. The second kappa shape index (κ2) is 5.09. The zero-order valence-corrected chi connectivity index (χ0v) is 9.68. The highest BCUT2D eigenvalue weighted by Crippen LogP contribution is 2.20. The van der Waals surface area contributed by atoms with Gasteiger partial charge in [0, 0.05) is 0 Å². The summed E-state index contributed by atoms with van der Waals surface area (Å²) >= 11 is 0. The van der Waals surface area contributed by atoms with Gasteiger partial charge in [0.25, 0.3) is 10.1 Å². The topological polar surface area (TPSA) is 85.9 Å². The molecule has 90 valence electrons. The highest BCUT2D eigenvalue weighted by atomic mass is 32.2. The normalized spacial score (nSPS) is 10.6. The van der Waals surface area contributed by atoms with Crippen molar-refractivity contribution in [2.75, 3.05) is 0 Å². The van der Waals surface area contributed by atoms with Crippen LogP contribution in [0.15, 0.2) is 59.5 Å². The summed E-state index contributed by atoms with van der Waals surface area (Å²) in [5, 5.41) is 0. The van der Waals surface area contributed by atoms with Crippen molar-refractivity contribution in [1.82, 2.24) is 0 Å². The van der Waals surface area contributed by atoms with E-state index in [0.29, 0.717) is 0 Å². The first-order valence-corrected chi connectivity index (χ1v) is 6.14. The fourth-order valence-corrected chi connectivity index (χ4v) is 1.93. The average Bonchev–Trinajstić information content (AvgIpc) is 2.29. The molecule has 0 spiro atoms. The van der Waals surface area contributed by atoms with Gasteiger partial charge >= 0.3 is 0 Å². The van der Waals surface area contributed by atoms with Crippen molar-refractivity contribution in [1.29, 1.82) is 0 Å². The Morgan fingerprint density at radius 1 is 0.765 bits per heavy atom. The van der Waals surface area contributed by atoms with Crippen LogP contribution in [0.4, 0.5) is 0 Å². The maximum absolute atomic E-state index is 10.8. The third-order valence-electron chi connectivity index (χ3n) is 2.26. The molecule has 0 bridgehead atoms. The maximum Gasteiger partial charge on any atom is 0.294 e. The molecular formula is C12H12O4S. The second-order valence-electron chi connectivity index (χ2n) is 3.37. The van der Waals surface area contributed by atoms with E-state index in [1.54, 1.807) is 12.1 Å². The van der Waals surface area contributed by atoms with Crippen LogP contribution in [0, 0.1) is 0 Å². The predicted molar refractivity (Wildman–Crippen MR) is 65.3 cm³/mol. The molecule has 2 rings (SSSR count). The minimum absolute atomic E-state index is 0. The number of benzene rings is 2. The molecule has 3 N–H and O–H groups in total. The molecule has 0 radical (unpaired) electrons. The molecule has 0 aliphatic heterocycles. The summed E-state index contributed by atoms with van der Waals surface area (Å²) in [5.41, 5.74) is 1.91. The average molecular weight is 252 g/mol. The number of rotatable bonds is 2. The van der Waals surface area contributed by atoms with Gasteiger partial charge < -0.3 is 5.48 Å². The lowest BCUT2D eigenvalue weighted by Crippen LogP contribution is -1.97. The quantitative estimate of drug-likeness (QED) is 0.826. The van der Waals surface area contributed by atoms with E-state index < -0.39 is 10.1 Å². The lowest BCUT2D eigenvalue weighted by Gasteiger charge is -2.02. The zero-order chi connectivity index (χ0) is 11.6. The Balaban J connectivity index is 0.00000144. The summed E-state index contributed by atoms with van der Waals surface area (Å²) in [6.45, 7) is 0. The van der Waals surface area contributed by atoms with E-state index >= 15 is 0 Å². The first kappa shape index (κ1) is 13.4. The fraction of sp³-hybridized carbons (Fsp3) is 0. The molecule has 0 saturated carbocycles. The Morgan fingerprint density at radius 3 is 1.71 bits per heavy atom. The van der Waals surface area contributed by atoms with Crippen molar-refractivity contribution in [3.63, 3.8) is 0 Å². The van der Waals surface area contributed by atoms with Crippen LogP contribution in [0.3, 0.4) is 0 Å². The van der Waals surface area contributed by atoms with Crippen LogP contribution in [0.5, 0.6) is 0 Å². The molecule has 0 aliphatic carbocycles. The molecule has 0 heterocycles. The van der Waals surface area contributed by atoms with Gasteiger partial charge in [0.15, 0.2) is 0 Å². The lowest BCUT2D eigenvalue weighted by molar-refractivity contribution is 0.483. The lowest BCUT2D eigenvalue weighted by atomic mass is 10.1. The van der Waals surface area contributed by atoms with E-state index in [-0.39, 0.29) is 10.4 Å². The predicted octanol–water partition coefficient (Wildman–Crippen LogP) is 1.78. The molecule has 2 aromatic rings. The first-order chi connectivity index (χ1) is 7.57. The molecule has 0 fully saturated rings. The highest BCUT2D eigenvalue weighted by Gasteiger charge is 2.08. The molecule has 0 unspecified atom stereocenters. The monoisotopic (exact) mass is 252 g/mol. The summed E-state index contributed by atoms with van der Waals surface area (Å²) in [4.78, 5) is -0.0906. The Bertz CT molecular complexity index is 574. The third-order valence-corrected chi connectivity index (χ3v) is 3.13. The Morgan fingerprint density at radius 2 is 1.24 bits per heavy atom. The first-order valence-electron chi connectivity index (χ1n) is 4.70. The van der Waals surface area contributed by atoms with Crippen molar-refractivity contribution in [2.24, 2.45) is 0 Å². The van der Waals surface area contributed by atoms with Gasteiger partial charge in [0.05, 0.1) is 4.90 Å². The summed E-state index contributed by atoms with van der Waals surface area (Å²) < 4.78 is 30.5. The van der Waals surface area contributed by atoms with E-state index in [1.807, 2.05) is 30.3 Å². The standard InChI is InChI=1S/C12H10O3S.H2O/c13-16(14,15)12-8-6-11(7-9-12)10-4-2-1-3-5-10;/h1-9H,(H,13,14,15);1H2. The minimum atomic E-state index is -4.10. The molecule has 2 aromatic carbocycles. The van der Waals surface area contributed by atoms with E-state index in [4.69, 9.17) is 4.55 Å². The molecule has 0 amide bonds. The number of hydrogen-bond donors (Lipinski definition) is 1. The highest BCUT2D eigenvalue weighted by molar-refractivity contribution is 7.85. The van der Waals surface area contributed by atoms with E-state index in [1.165, 1.54) is 12.1 Å². The van der Waals surface area contributed by atoms with Gasteiger partial charge in [-0.3, -0.25) is 4.55 Å². The Hall–Kier alpha value is -1.69. The Kier molecular flexibility index (Phi) is 4.01. The van der Waals surface area contributed by atoms with Crippen LogP contribution in [0.2, 0.25) is 0 Å². The molecule has 17 heavy (non-hydrogen) atoms. The summed E-state index contributed by atoms with van der Waals surface area (Å²) in [5.74, 6) is 0. The van der Waals surface area contributed by atoms with Crippen molar-refractivity contribution in [3.8, 4) is 11.1 Å². The molecule has 5 heteroatoms. The summed E-state index contributed by atoms with van der Waals surface area (Å²) in [6.07, 6.45) is 0. The van der Waals surface area contributed by atoms with Gasteiger partial charge in [-0.25, -0.2) is 0 Å². The van der Waals surface area contributed by atoms with Crippen LogP contribution >= 0.6 is 0 Å². The molecule has 0 aromatic heterocycles. The van der Waals surface area contributed by atoms with Crippen LogP contribution in [-0.2, 0) is 10.1 Å². The van der Waals surface area contributed by atoms with Crippen LogP contribution in [0.25, 0.3) is 11.1 Å². The van der Waals surface area contributed by atoms with Crippen LogP contribution in [-0.4, -0.2) is 18.4 Å². The largest absolute Gasteiger partial charge is 0.412 e. The van der Waals surface area contributed by atoms with Crippen molar-refractivity contribution < 1.29 is 18.4 Å².